The van der Waals surface area contributed by atoms with Crippen molar-refractivity contribution in [3.63, 3.8) is 0 Å². The summed E-state index contributed by atoms with van der Waals surface area (Å²) in [6.45, 7) is 2.94. The van der Waals surface area contributed by atoms with Crippen molar-refractivity contribution in [1.29, 1.82) is 0 Å². The zero-order valence-electron chi connectivity index (χ0n) is 15.6. The number of aryl methyl sites for hydroxylation is 1. The van der Waals surface area contributed by atoms with Crippen molar-refractivity contribution in [3.8, 4) is 22.1 Å². The average molecular weight is 382 g/mol. The van der Waals surface area contributed by atoms with Crippen LogP contribution in [0.25, 0.3) is 10.6 Å². The zero-order valence-corrected chi connectivity index (χ0v) is 16.5. The first kappa shape index (κ1) is 18.9. The normalized spacial score (nSPS) is 10.5. The number of benzene rings is 2. The highest BCUT2D eigenvalue weighted by atomic mass is 32.1. The molecule has 0 fully saturated rings. The van der Waals surface area contributed by atoms with Gasteiger partial charge in [-0.2, -0.15) is 0 Å². The number of amides is 1. The van der Waals surface area contributed by atoms with E-state index in [0.717, 1.165) is 22.1 Å². The molecule has 0 spiro atoms. The molecule has 1 heterocycles. The molecule has 0 saturated carbocycles. The summed E-state index contributed by atoms with van der Waals surface area (Å²) in [6, 6.07) is 15.5. The lowest BCUT2D eigenvalue weighted by Crippen LogP contribution is -2.31. The second-order valence-electron chi connectivity index (χ2n) is 6.13. The Labute approximate surface area is 163 Å². The number of carbonyl (C=O) groups is 1. The largest absolute Gasteiger partial charge is 0.496 e. The summed E-state index contributed by atoms with van der Waals surface area (Å²) in [5, 5.41) is 2.54. The van der Waals surface area contributed by atoms with Crippen LogP contribution in [0.5, 0.6) is 11.5 Å². The molecule has 0 aliphatic carbocycles. The Bertz CT molecular complexity index is 906. The molecule has 140 valence electrons. The fraction of sp³-hybridized carbons (Fsp3) is 0.238. The van der Waals surface area contributed by atoms with E-state index >= 15 is 0 Å². The summed E-state index contributed by atoms with van der Waals surface area (Å²) < 4.78 is 11.1. The minimum Gasteiger partial charge on any atom is -0.496 e. The molecule has 0 aliphatic rings. The van der Waals surface area contributed by atoms with Crippen LogP contribution in [0.15, 0.2) is 53.9 Å². The van der Waals surface area contributed by atoms with E-state index in [4.69, 9.17) is 9.47 Å². The first-order valence-corrected chi connectivity index (χ1v) is 9.50. The Morgan fingerprint density at radius 1 is 1.15 bits per heavy atom. The predicted molar refractivity (Wildman–Crippen MR) is 108 cm³/mol. The molecule has 2 aromatic carbocycles. The molecule has 3 aromatic rings. The highest BCUT2D eigenvalue weighted by Crippen LogP contribution is 2.32. The van der Waals surface area contributed by atoms with E-state index in [1.54, 1.807) is 24.4 Å². The molecule has 0 saturated heterocycles. The van der Waals surface area contributed by atoms with Crippen LogP contribution in [0.3, 0.4) is 0 Å². The number of thiazole rings is 1. The third kappa shape index (κ3) is 4.65. The van der Waals surface area contributed by atoms with E-state index in [2.05, 4.69) is 4.98 Å². The van der Waals surface area contributed by atoms with Crippen LogP contribution in [0.4, 0.5) is 0 Å². The third-order valence-corrected chi connectivity index (χ3v) is 5.00. The van der Waals surface area contributed by atoms with Gasteiger partial charge in [-0.15, -0.1) is 11.3 Å². The molecule has 0 unspecified atom stereocenters. The van der Waals surface area contributed by atoms with E-state index in [1.807, 2.05) is 55.5 Å². The lowest BCUT2D eigenvalue weighted by molar-refractivity contribution is 0.0769. The van der Waals surface area contributed by atoms with Crippen LogP contribution in [-0.2, 0) is 0 Å². The molecule has 1 amide bonds. The summed E-state index contributed by atoms with van der Waals surface area (Å²) in [4.78, 5) is 18.7. The number of hydrogen-bond acceptors (Lipinski definition) is 5. The molecule has 0 atom stereocenters. The standard InChI is InChI=1S/C21H22N2O3S/c1-15-8-10-16(11-9-15)26-13-12-23(2)21(24)18-14-27-20(22-18)17-6-4-5-7-19(17)25-3/h4-11,14H,12-13H2,1-3H3. The fourth-order valence-corrected chi connectivity index (χ4v) is 3.37. The van der Waals surface area contributed by atoms with Gasteiger partial charge >= 0.3 is 0 Å². The topological polar surface area (TPSA) is 51.7 Å². The second kappa shape index (κ2) is 8.68. The number of carbonyl (C=O) groups excluding carboxylic acids is 1. The molecule has 0 aliphatic heterocycles. The van der Waals surface area contributed by atoms with Gasteiger partial charge in [-0.25, -0.2) is 4.98 Å². The first-order chi connectivity index (χ1) is 13.1. The molecule has 0 bridgehead atoms. The third-order valence-electron chi connectivity index (χ3n) is 4.12. The summed E-state index contributed by atoms with van der Waals surface area (Å²) in [6.07, 6.45) is 0. The maximum absolute atomic E-state index is 12.6. The van der Waals surface area contributed by atoms with E-state index in [0.29, 0.717) is 18.8 Å². The van der Waals surface area contributed by atoms with Crippen molar-refractivity contribution in [1.82, 2.24) is 9.88 Å². The first-order valence-electron chi connectivity index (χ1n) is 8.62. The van der Waals surface area contributed by atoms with Gasteiger partial charge in [0.2, 0.25) is 0 Å². The molecular weight excluding hydrogens is 360 g/mol. The molecule has 0 radical (unpaired) electrons. The van der Waals surface area contributed by atoms with Gasteiger partial charge in [0.05, 0.1) is 19.2 Å². The van der Waals surface area contributed by atoms with Gasteiger partial charge in [0.1, 0.15) is 28.8 Å². The number of hydrogen-bond donors (Lipinski definition) is 0. The predicted octanol–water partition coefficient (Wildman–Crippen LogP) is 4.28. The van der Waals surface area contributed by atoms with Gasteiger partial charge in [-0.1, -0.05) is 29.8 Å². The number of aromatic nitrogens is 1. The number of rotatable bonds is 7. The molecule has 27 heavy (non-hydrogen) atoms. The maximum Gasteiger partial charge on any atom is 0.273 e. The molecular formula is C21H22N2O3S. The van der Waals surface area contributed by atoms with Crippen molar-refractivity contribution in [2.24, 2.45) is 0 Å². The van der Waals surface area contributed by atoms with Crippen molar-refractivity contribution < 1.29 is 14.3 Å². The molecule has 6 heteroatoms. The van der Waals surface area contributed by atoms with Crippen LogP contribution < -0.4 is 9.47 Å². The lowest BCUT2D eigenvalue weighted by Gasteiger charge is -2.16. The van der Waals surface area contributed by atoms with Gasteiger partial charge in [-0.05, 0) is 31.2 Å². The summed E-state index contributed by atoms with van der Waals surface area (Å²) >= 11 is 1.43. The number of ether oxygens (including phenoxy) is 2. The molecule has 3 rings (SSSR count). The highest BCUT2D eigenvalue weighted by molar-refractivity contribution is 7.13. The fourth-order valence-electron chi connectivity index (χ4n) is 2.55. The molecule has 1 aromatic heterocycles. The Hall–Kier alpha value is -2.86. The zero-order chi connectivity index (χ0) is 19.2. The van der Waals surface area contributed by atoms with Gasteiger partial charge in [-0.3, -0.25) is 4.79 Å². The van der Waals surface area contributed by atoms with Gasteiger partial charge in [0.25, 0.3) is 5.91 Å². The van der Waals surface area contributed by atoms with Crippen LogP contribution in [0, 0.1) is 6.92 Å². The Morgan fingerprint density at radius 3 is 2.63 bits per heavy atom. The van der Waals surface area contributed by atoms with Gasteiger partial charge in [0, 0.05) is 12.4 Å². The summed E-state index contributed by atoms with van der Waals surface area (Å²) in [5.41, 5.74) is 2.50. The smallest absolute Gasteiger partial charge is 0.273 e. The van der Waals surface area contributed by atoms with Gasteiger partial charge in [0.15, 0.2) is 0 Å². The van der Waals surface area contributed by atoms with E-state index in [1.165, 1.54) is 16.9 Å². The van der Waals surface area contributed by atoms with Crippen LogP contribution in [-0.4, -0.2) is 43.1 Å². The maximum atomic E-state index is 12.6. The number of likely N-dealkylation sites (N-methyl/N-ethyl adjacent to an activating group) is 1. The van der Waals surface area contributed by atoms with Crippen molar-refractivity contribution in [2.75, 3.05) is 27.3 Å². The van der Waals surface area contributed by atoms with Crippen LogP contribution in [0.1, 0.15) is 16.1 Å². The van der Waals surface area contributed by atoms with E-state index < -0.39 is 0 Å². The van der Waals surface area contributed by atoms with Crippen molar-refractivity contribution in [3.05, 3.63) is 65.2 Å². The highest BCUT2D eigenvalue weighted by Gasteiger charge is 2.17. The van der Waals surface area contributed by atoms with E-state index in [-0.39, 0.29) is 5.91 Å². The van der Waals surface area contributed by atoms with E-state index in [9.17, 15) is 4.79 Å². The number of nitrogens with zero attached hydrogens (tertiary/aromatic N) is 2. The summed E-state index contributed by atoms with van der Waals surface area (Å²) in [7, 11) is 3.38. The lowest BCUT2D eigenvalue weighted by atomic mass is 10.2. The Morgan fingerprint density at radius 2 is 1.89 bits per heavy atom. The van der Waals surface area contributed by atoms with Gasteiger partial charge < -0.3 is 14.4 Å². The SMILES string of the molecule is COc1ccccc1-c1nc(C(=O)N(C)CCOc2ccc(C)cc2)cs1. The molecule has 5 nitrogen and oxygen atoms in total. The Kier molecular flexibility index (Phi) is 6.08. The number of methoxy groups -OCH3 is 1. The minimum atomic E-state index is -0.125. The Balaban J connectivity index is 1.60. The second-order valence-corrected chi connectivity index (χ2v) is 6.98. The minimum absolute atomic E-state index is 0.125. The quantitative estimate of drug-likeness (QED) is 0.612. The van der Waals surface area contributed by atoms with Crippen molar-refractivity contribution >= 4 is 17.2 Å². The number of para-hydroxylation sites is 1. The molecule has 0 N–H and O–H groups in total. The van der Waals surface area contributed by atoms with Crippen LogP contribution >= 0.6 is 11.3 Å². The average Bonchev–Trinajstić information content (AvgIpc) is 3.18. The van der Waals surface area contributed by atoms with Crippen LogP contribution in [0.2, 0.25) is 0 Å². The van der Waals surface area contributed by atoms with Crippen molar-refractivity contribution in [2.45, 2.75) is 6.92 Å². The summed E-state index contributed by atoms with van der Waals surface area (Å²) in [5.74, 6) is 1.42. The monoisotopic (exact) mass is 382 g/mol.